The Hall–Kier alpha value is -2.21. The van der Waals surface area contributed by atoms with Crippen LogP contribution < -0.4 is 0 Å². The predicted octanol–water partition coefficient (Wildman–Crippen LogP) is 1.19. The standard InChI is InChI=1S/C15H18N2O4/c18-14(4-3-12-2-1-7-16-10-12)17-8-5-13(6-9-17)21-11-15(19)20/h1-4,7,10,13H,5-6,8-9,11H2,(H,19,20). The van der Waals surface area contributed by atoms with E-state index in [0.29, 0.717) is 25.9 Å². The van der Waals surface area contributed by atoms with Crippen molar-refractivity contribution in [1.29, 1.82) is 0 Å². The van der Waals surface area contributed by atoms with E-state index in [1.165, 1.54) is 6.08 Å². The summed E-state index contributed by atoms with van der Waals surface area (Å²) in [7, 11) is 0. The Morgan fingerprint density at radius 3 is 2.81 bits per heavy atom. The first-order valence-electron chi connectivity index (χ1n) is 6.85. The number of piperidine rings is 1. The average molecular weight is 290 g/mol. The molecule has 1 aliphatic heterocycles. The van der Waals surface area contributed by atoms with Gasteiger partial charge in [0.25, 0.3) is 0 Å². The smallest absolute Gasteiger partial charge is 0.329 e. The number of nitrogens with zero attached hydrogens (tertiary/aromatic N) is 2. The zero-order valence-electron chi connectivity index (χ0n) is 11.6. The molecular weight excluding hydrogens is 272 g/mol. The molecule has 1 aromatic heterocycles. The van der Waals surface area contributed by atoms with E-state index in [1.54, 1.807) is 23.4 Å². The van der Waals surface area contributed by atoms with Crippen molar-refractivity contribution in [2.45, 2.75) is 18.9 Å². The Kier molecular flexibility index (Phi) is 5.45. The molecule has 0 bridgehead atoms. The largest absolute Gasteiger partial charge is 0.480 e. The van der Waals surface area contributed by atoms with E-state index < -0.39 is 5.97 Å². The molecule has 1 saturated heterocycles. The van der Waals surface area contributed by atoms with Crippen LogP contribution in [0.1, 0.15) is 18.4 Å². The molecule has 2 rings (SSSR count). The highest BCUT2D eigenvalue weighted by molar-refractivity contribution is 5.91. The highest BCUT2D eigenvalue weighted by Gasteiger charge is 2.22. The quantitative estimate of drug-likeness (QED) is 0.824. The molecule has 2 heterocycles. The van der Waals surface area contributed by atoms with Gasteiger partial charge in [-0.3, -0.25) is 9.78 Å². The summed E-state index contributed by atoms with van der Waals surface area (Å²) in [5, 5.41) is 8.56. The molecule has 0 aliphatic carbocycles. The lowest BCUT2D eigenvalue weighted by Gasteiger charge is -2.30. The first-order valence-corrected chi connectivity index (χ1v) is 6.85. The lowest BCUT2D eigenvalue weighted by Crippen LogP contribution is -2.40. The molecule has 1 aliphatic rings. The number of ether oxygens (including phenoxy) is 1. The Balaban J connectivity index is 1.78. The molecule has 1 fully saturated rings. The van der Waals surface area contributed by atoms with Crippen molar-refractivity contribution in [3.63, 3.8) is 0 Å². The Labute approximate surface area is 123 Å². The molecule has 0 spiro atoms. The minimum Gasteiger partial charge on any atom is -0.480 e. The number of likely N-dealkylation sites (tertiary alicyclic amines) is 1. The maximum absolute atomic E-state index is 12.0. The molecule has 1 N–H and O–H groups in total. The van der Waals surface area contributed by atoms with E-state index >= 15 is 0 Å². The highest BCUT2D eigenvalue weighted by Crippen LogP contribution is 2.14. The van der Waals surface area contributed by atoms with Crippen molar-refractivity contribution in [2.75, 3.05) is 19.7 Å². The fourth-order valence-corrected chi connectivity index (χ4v) is 2.18. The third-order valence-corrected chi connectivity index (χ3v) is 3.30. The molecule has 0 unspecified atom stereocenters. The van der Waals surface area contributed by atoms with E-state index in [9.17, 15) is 9.59 Å². The highest BCUT2D eigenvalue weighted by atomic mass is 16.5. The van der Waals surface area contributed by atoms with Gasteiger partial charge in [-0.1, -0.05) is 6.07 Å². The molecule has 112 valence electrons. The van der Waals surface area contributed by atoms with Gasteiger partial charge in [0.05, 0.1) is 6.10 Å². The normalized spacial score (nSPS) is 16.3. The maximum atomic E-state index is 12.0. The summed E-state index contributed by atoms with van der Waals surface area (Å²) in [4.78, 5) is 28.2. The van der Waals surface area contributed by atoms with Crippen LogP contribution in [0.25, 0.3) is 6.08 Å². The number of carbonyl (C=O) groups excluding carboxylic acids is 1. The van der Waals surface area contributed by atoms with Crippen LogP contribution >= 0.6 is 0 Å². The van der Waals surface area contributed by atoms with Crippen molar-refractivity contribution < 1.29 is 19.4 Å². The molecule has 6 heteroatoms. The fraction of sp³-hybridized carbons (Fsp3) is 0.400. The topological polar surface area (TPSA) is 79.7 Å². The van der Waals surface area contributed by atoms with E-state index in [0.717, 1.165) is 5.56 Å². The van der Waals surface area contributed by atoms with E-state index in [4.69, 9.17) is 9.84 Å². The van der Waals surface area contributed by atoms with Gasteiger partial charge in [-0.15, -0.1) is 0 Å². The summed E-state index contributed by atoms with van der Waals surface area (Å²) < 4.78 is 5.24. The lowest BCUT2D eigenvalue weighted by molar-refractivity contribution is -0.146. The Bertz CT molecular complexity index is 508. The minimum absolute atomic E-state index is 0.0458. The van der Waals surface area contributed by atoms with E-state index in [2.05, 4.69) is 4.98 Å². The summed E-state index contributed by atoms with van der Waals surface area (Å²) in [5.41, 5.74) is 0.880. The predicted molar refractivity (Wildman–Crippen MR) is 76.5 cm³/mol. The number of aliphatic carboxylic acids is 1. The lowest BCUT2D eigenvalue weighted by atomic mass is 10.1. The first kappa shape index (κ1) is 15.2. The number of amides is 1. The van der Waals surface area contributed by atoms with Gasteiger partial charge in [-0.2, -0.15) is 0 Å². The van der Waals surface area contributed by atoms with Crippen LogP contribution in [0.2, 0.25) is 0 Å². The van der Waals surface area contributed by atoms with Crippen molar-refractivity contribution in [1.82, 2.24) is 9.88 Å². The zero-order valence-corrected chi connectivity index (χ0v) is 11.6. The molecule has 0 aromatic carbocycles. The number of hydrogen-bond acceptors (Lipinski definition) is 4. The second-order valence-electron chi connectivity index (χ2n) is 4.85. The van der Waals surface area contributed by atoms with Crippen molar-refractivity contribution in [2.24, 2.45) is 0 Å². The van der Waals surface area contributed by atoms with Crippen molar-refractivity contribution >= 4 is 18.0 Å². The summed E-state index contributed by atoms with van der Waals surface area (Å²) >= 11 is 0. The first-order chi connectivity index (χ1) is 10.1. The second kappa shape index (κ2) is 7.54. The summed E-state index contributed by atoms with van der Waals surface area (Å²) in [5.74, 6) is -1.01. The van der Waals surface area contributed by atoms with Gasteiger partial charge in [0, 0.05) is 31.6 Å². The molecule has 6 nitrogen and oxygen atoms in total. The number of aromatic nitrogens is 1. The SMILES string of the molecule is O=C(O)COC1CCN(C(=O)C=Cc2cccnc2)CC1. The molecule has 21 heavy (non-hydrogen) atoms. The van der Waals surface area contributed by atoms with Crippen LogP contribution in [0.5, 0.6) is 0 Å². The summed E-state index contributed by atoms with van der Waals surface area (Å²) in [6, 6.07) is 3.69. The molecular formula is C15H18N2O4. The molecule has 0 radical (unpaired) electrons. The summed E-state index contributed by atoms with van der Waals surface area (Å²) in [6.45, 7) is 0.889. The van der Waals surface area contributed by atoms with E-state index in [-0.39, 0.29) is 18.6 Å². The van der Waals surface area contributed by atoms with Gasteiger partial charge < -0.3 is 14.7 Å². The number of rotatable bonds is 5. The molecule has 0 atom stereocenters. The van der Waals surface area contributed by atoms with E-state index in [1.807, 2.05) is 12.1 Å². The van der Waals surface area contributed by atoms with Gasteiger partial charge in [0.1, 0.15) is 6.61 Å². The van der Waals surface area contributed by atoms with Crippen molar-refractivity contribution in [3.05, 3.63) is 36.2 Å². The van der Waals surface area contributed by atoms with Crippen LogP contribution in [0, 0.1) is 0 Å². The van der Waals surface area contributed by atoms with Crippen LogP contribution in [0.4, 0.5) is 0 Å². The Morgan fingerprint density at radius 2 is 2.19 bits per heavy atom. The van der Waals surface area contributed by atoms with Gasteiger partial charge in [-0.05, 0) is 30.5 Å². The molecule has 1 aromatic rings. The van der Waals surface area contributed by atoms with Gasteiger partial charge >= 0.3 is 5.97 Å². The average Bonchev–Trinajstić information content (AvgIpc) is 2.52. The number of pyridine rings is 1. The summed E-state index contributed by atoms with van der Waals surface area (Å²) in [6.07, 6.45) is 7.90. The third kappa shape index (κ3) is 5.00. The second-order valence-corrected chi connectivity index (χ2v) is 4.85. The molecule has 0 saturated carbocycles. The van der Waals surface area contributed by atoms with Crippen LogP contribution in [-0.2, 0) is 14.3 Å². The van der Waals surface area contributed by atoms with Gasteiger partial charge in [0.15, 0.2) is 0 Å². The maximum Gasteiger partial charge on any atom is 0.329 e. The number of hydrogen-bond donors (Lipinski definition) is 1. The minimum atomic E-state index is -0.965. The van der Waals surface area contributed by atoms with Crippen LogP contribution in [0.3, 0.4) is 0 Å². The number of carboxylic acid groups (broad SMARTS) is 1. The van der Waals surface area contributed by atoms with Crippen LogP contribution in [0.15, 0.2) is 30.6 Å². The van der Waals surface area contributed by atoms with Gasteiger partial charge in [0.2, 0.25) is 5.91 Å². The molecule has 1 amide bonds. The zero-order chi connectivity index (χ0) is 15.1. The fourth-order valence-electron chi connectivity index (χ4n) is 2.18. The van der Waals surface area contributed by atoms with Crippen LogP contribution in [-0.4, -0.2) is 52.7 Å². The number of carboxylic acids is 1. The van der Waals surface area contributed by atoms with Crippen molar-refractivity contribution in [3.8, 4) is 0 Å². The Morgan fingerprint density at radius 1 is 1.43 bits per heavy atom. The van der Waals surface area contributed by atoms with Gasteiger partial charge in [-0.25, -0.2) is 4.79 Å². The monoisotopic (exact) mass is 290 g/mol. The third-order valence-electron chi connectivity index (χ3n) is 3.30. The number of carbonyl (C=O) groups is 2.